The Labute approximate surface area is 57.0 Å². The normalized spacial score (nSPS) is 38.0. The van der Waals surface area contributed by atoms with Gasteiger partial charge in [0.2, 0.25) is 0 Å². The molecule has 1 aliphatic rings. The maximum Gasteiger partial charge on any atom is 0.00793 e. The molecule has 2 heteroatoms. The predicted octanol–water partition coefficient (Wildman–Crippen LogP) is 0.346. The molecule has 0 aromatic heterocycles. The van der Waals surface area contributed by atoms with E-state index in [0.29, 0.717) is 12.1 Å². The van der Waals surface area contributed by atoms with Crippen molar-refractivity contribution in [3.8, 4) is 0 Å². The number of hydrogen-bond acceptors (Lipinski definition) is 2. The Kier molecular flexibility index (Phi) is 2.49. The molecule has 2 N–H and O–H groups in total. The van der Waals surface area contributed by atoms with Gasteiger partial charge in [0.1, 0.15) is 0 Å². The van der Waals surface area contributed by atoms with Crippen molar-refractivity contribution >= 4 is 0 Å². The second-order valence-corrected chi connectivity index (χ2v) is 2.95. The van der Waals surface area contributed by atoms with Crippen LogP contribution >= 0.6 is 0 Å². The van der Waals surface area contributed by atoms with Crippen LogP contribution in [0.1, 0.15) is 20.3 Å². The number of rotatable bonds is 0. The molecule has 1 heterocycles. The van der Waals surface area contributed by atoms with Crippen molar-refractivity contribution in [2.75, 3.05) is 13.1 Å². The van der Waals surface area contributed by atoms with Crippen LogP contribution < -0.4 is 10.6 Å². The molecule has 0 aromatic rings. The number of hydrogen-bond donors (Lipinski definition) is 2. The van der Waals surface area contributed by atoms with Crippen molar-refractivity contribution in [1.82, 2.24) is 10.6 Å². The van der Waals surface area contributed by atoms with Gasteiger partial charge in [-0.15, -0.1) is 0 Å². The fourth-order valence-corrected chi connectivity index (χ4v) is 1.33. The van der Waals surface area contributed by atoms with Crippen molar-refractivity contribution in [2.45, 2.75) is 32.4 Å². The first-order chi connectivity index (χ1) is 4.29. The van der Waals surface area contributed by atoms with Crippen molar-refractivity contribution in [1.29, 1.82) is 0 Å². The van der Waals surface area contributed by atoms with E-state index in [0.717, 1.165) is 13.1 Å². The lowest BCUT2D eigenvalue weighted by molar-refractivity contribution is 0.502. The van der Waals surface area contributed by atoms with Gasteiger partial charge in [0, 0.05) is 25.2 Å². The maximum absolute atomic E-state index is 3.41. The van der Waals surface area contributed by atoms with Crippen LogP contribution in [-0.2, 0) is 0 Å². The molecule has 0 aromatic carbocycles. The SMILES string of the molecule is C[C@@H]1C[C@H](C)NCCN1. The zero-order valence-corrected chi connectivity index (χ0v) is 6.28. The van der Waals surface area contributed by atoms with E-state index < -0.39 is 0 Å². The summed E-state index contributed by atoms with van der Waals surface area (Å²) in [6.07, 6.45) is 1.25. The van der Waals surface area contributed by atoms with Gasteiger partial charge < -0.3 is 10.6 Å². The lowest BCUT2D eigenvalue weighted by Crippen LogP contribution is -2.26. The Balaban J connectivity index is 2.29. The Hall–Kier alpha value is -0.0800. The Morgan fingerprint density at radius 1 is 1.00 bits per heavy atom. The third-order valence-corrected chi connectivity index (χ3v) is 1.82. The molecule has 1 aliphatic heterocycles. The van der Waals surface area contributed by atoms with Gasteiger partial charge in [-0.1, -0.05) is 0 Å². The first-order valence-corrected chi connectivity index (χ1v) is 3.76. The summed E-state index contributed by atoms with van der Waals surface area (Å²) < 4.78 is 0. The minimum absolute atomic E-state index is 0.690. The minimum atomic E-state index is 0.690. The van der Waals surface area contributed by atoms with E-state index in [-0.39, 0.29) is 0 Å². The van der Waals surface area contributed by atoms with E-state index in [1.807, 2.05) is 0 Å². The molecule has 1 fully saturated rings. The zero-order valence-electron chi connectivity index (χ0n) is 6.28. The molecule has 2 atom stereocenters. The Bertz CT molecular complexity index is 73.0. The highest BCUT2D eigenvalue weighted by Gasteiger charge is 2.10. The molecule has 0 bridgehead atoms. The van der Waals surface area contributed by atoms with Gasteiger partial charge in [-0.2, -0.15) is 0 Å². The van der Waals surface area contributed by atoms with E-state index in [2.05, 4.69) is 24.5 Å². The van der Waals surface area contributed by atoms with Crippen LogP contribution in [0.4, 0.5) is 0 Å². The van der Waals surface area contributed by atoms with Crippen LogP contribution in [0.15, 0.2) is 0 Å². The summed E-state index contributed by atoms with van der Waals surface area (Å²) in [7, 11) is 0. The molecule has 0 aliphatic carbocycles. The van der Waals surface area contributed by atoms with Crippen molar-refractivity contribution < 1.29 is 0 Å². The highest BCUT2D eigenvalue weighted by molar-refractivity contribution is 4.74. The van der Waals surface area contributed by atoms with E-state index in [9.17, 15) is 0 Å². The van der Waals surface area contributed by atoms with Crippen LogP contribution in [0.5, 0.6) is 0 Å². The lowest BCUT2D eigenvalue weighted by Gasteiger charge is -2.11. The van der Waals surface area contributed by atoms with Gasteiger partial charge in [0.25, 0.3) is 0 Å². The Morgan fingerprint density at radius 3 is 1.89 bits per heavy atom. The molecule has 0 unspecified atom stereocenters. The minimum Gasteiger partial charge on any atom is -0.313 e. The van der Waals surface area contributed by atoms with Gasteiger partial charge in [-0.3, -0.25) is 0 Å². The Morgan fingerprint density at radius 2 is 1.44 bits per heavy atom. The average Bonchev–Trinajstić information content (AvgIpc) is 1.93. The summed E-state index contributed by atoms with van der Waals surface area (Å²) in [5.41, 5.74) is 0. The monoisotopic (exact) mass is 128 g/mol. The summed E-state index contributed by atoms with van der Waals surface area (Å²) in [5.74, 6) is 0. The molecular weight excluding hydrogens is 112 g/mol. The molecule has 0 radical (unpaired) electrons. The molecule has 0 amide bonds. The van der Waals surface area contributed by atoms with Gasteiger partial charge in [-0.05, 0) is 20.3 Å². The molecular formula is C7H16N2. The van der Waals surface area contributed by atoms with Crippen LogP contribution in [0.25, 0.3) is 0 Å². The summed E-state index contributed by atoms with van der Waals surface area (Å²) in [6.45, 7) is 6.71. The van der Waals surface area contributed by atoms with Crippen molar-refractivity contribution in [3.05, 3.63) is 0 Å². The van der Waals surface area contributed by atoms with E-state index in [1.54, 1.807) is 0 Å². The third kappa shape index (κ3) is 2.33. The van der Waals surface area contributed by atoms with Gasteiger partial charge in [0.15, 0.2) is 0 Å². The first-order valence-electron chi connectivity index (χ1n) is 3.76. The molecule has 2 nitrogen and oxygen atoms in total. The molecule has 1 saturated heterocycles. The summed E-state index contributed by atoms with van der Waals surface area (Å²) in [4.78, 5) is 0. The maximum atomic E-state index is 3.41. The predicted molar refractivity (Wildman–Crippen MR) is 39.5 cm³/mol. The second-order valence-electron chi connectivity index (χ2n) is 2.95. The van der Waals surface area contributed by atoms with Gasteiger partial charge in [-0.25, -0.2) is 0 Å². The molecule has 9 heavy (non-hydrogen) atoms. The summed E-state index contributed by atoms with van der Waals surface area (Å²) in [6, 6.07) is 1.38. The van der Waals surface area contributed by atoms with Crippen LogP contribution in [0, 0.1) is 0 Å². The summed E-state index contributed by atoms with van der Waals surface area (Å²) >= 11 is 0. The second kappa shape index (κ2) is 3.18. The van der Waals surface area contributed by atoms with Crippen LogP contribution in [0.3, 0.4) is 0 Å². The van der Waals surface area contributed by atoms with E-state index in [4.69, 9.17) is 0 Å². The van der Waals surface area contributed by atoms with Crippen LogP contribution in [0.2, 0.25) is 0 Å². The van der Waals surface area contributed by atoms with Gasteiger partial charge >= 0.3 is 0 Å². The zero-order chi connectivity index (χ0) is 6.69. The standard InChI is InChI=1S/C7H16N2/c1-6-5-7(2)9-4-3-8-6/h6-9H,3-5H2,1-2H3/t6-,7+. The molecule has 1 rings (SSSR count). The molecule has 0 saturated carbocycles. The highest BCUT2D eigenvalue weighted by Crippen LogP contribution is 1.98. The van der Waals surface area contributed by atoms with Crippen LogP contribution in [-0.4, -0.2) is 25.2 Å². The topological polar surface area (TPSA) is 24.1 Å². The molecule has 54 valence electrons. The summed E-state index contributed by atoms with van der Waals surface area (Å²) in [5, 5.41) is 6.82. The highest BCUT2D eigenvalue weighted by atomic mass is 15.0. The van der Waals surface area contributed by atoms with E-state index in [1.165, 1.54) is 6.42 Å². The molecule has 0 spiro atoms. The number of nitrogens with one attached hydrogen (secondary N) is 2. The lowest BCUT2D eigenvalue weighted by atomic mass is 10.1. The van der Waals surface area contributed by atoms with Gasteiger partial charge in [0.05, 0.1) is 0 Å². The van der Waals surface area contributed by atoms with Crippen molar-refractivity contribution in [2.24, 2.45) is 0 Å². The van der Waals surface area contributed by atoms with E-state index >= 15 is 0 Å². The first kappa shape index (κ1) is 7.03. The quantitative estimate of drug-likeness (QED) is 0.492. The largest absolute Gasteiger partial charge is 0.313 e. The third-order valence-electron chi connectivity index (χ3n) is 1.82. The smallest absolute Gasteiger partial charge is 0.00793 e. The fourth-order valence-electron chi connectivity index (χ4n) is 1.33. The fraction of sp³-hybridized carbons (Fsp3) is 1.00. The van der Waals surface area contributed by atoms with Crippen molar-refractivity contribution in [3.63, 3.8) is 0 Å². The average molecular weight is 128 g/mol.